The first-order chi connectivity index (χ1) is 13.4. The number of sulfone groups is 1. The van der Waals surface area contributed by atoms with Crippen LogP contribution in [0.1, 0.15) is 24.0 Å². The van der Waals surface area contributed by atoms with Crippen molar-refractivity contribution in [2.24, 2.45) is 5.10 Å². The lowest BCUT2D eigenvalue weighted by Crippen LogP contribution is -2.42. The van der Waals surface area contributed by atoms with Gasteiger partial charge in [-0.05, 0) is 55.2 Å². The van der Waals surface area contributed by atoms with Crippen molar-refractivity contribution < 1.29 is 13.2 Å². The van der Waals surface area contributed by atoms with Crippen LogP contribution in [0, 0.1) is 6.92 Å². The average molecular weight is 418 g/mol. The highest BCUT2D eigenvalue weighted by atomic mass is 35.5. The molecule has 0 aromatic heterocycles. The number of amides is 1. The summed E-state index contributed by atoms with van der Waals surface area (Å²) in [5.41, 5.74) is 2.25. The Hall–Kier alpha value is -2.38. The quantitative estimate of drug-likeness (QED) is 0.767. The molecule has 6 nitrogen and oxygen atoms in total. The number of hydrogen-bond donors (Lipinski definition) is 0. The molecule has 2 aliphatic rings. The third-order valence-corrected chi connectivity index (χ3v) is 6.87. The van der Waals surface area contributed by atoms with Crippen LogP contribution < -0.4 is 5.01 Å². The molecular weight excluding hydrogens is 398 g/mol. The van der Waals surface area contributed by atoms with Gasteiger partial charge in [0.2, 0.25) is 14.9 Å². The zero-order valence-electron chi connectivity index (χ0n) is 15.4. The van der Waals surface area contributed by atoms with Crippen molar-refractivity contribution in [3.8, 4) is 0 Å². The first-order valence-electron chi connectivity index (χ1n) is 9.12. The Labute approximate surface area is 169 Å². The standard InChI is InChI=1S/C20H20ClN3O3S/c1-14-7-8-18-17(11-14)24(13-15-5-4-6-16(21)12-15)22-19(28(18,26)27)20(25)23-9-2-3-10-23/h4-8,11-12H,2-3,9-10,13H2,1H3. The zero-order valence-corrected chi connectivity index (χ0v) is 17.0. The Morgan fingerprint density at radius 1 is 1.14 bits per heavy atom. The van der Waals surface area contributed by atoms with Crippen molar-refractivity contribution in [2.75, 3.05) is 18.1 Å². The van der Waals surface area contributed by atoms with E-state index in [1.54, 1.807) is 40.2 Å². The molecule has 2 aromatic rings. The number of nitrogens with zero attached hydrogens (tertiary/aromatic N) is 3. The number of hydrazone groups is 1. The first-order valence-corrected chi connectivity index (χ1v) is 11.0. The summed E-state index contributed by atoms with van der Waals surface area (Å²) in [5.74, 6) is -0.528. The lowest BCUT2D eigenvalue weighted by Gasteiger charge is -2.29. The van der Waals surface area contributed by atoms with Crippen LogP contribution in [0.3, 0.4) is 0 Å². The highest BCUT2D eigenvalue weighted by molar-refractivity contribution is 8.08. The van der Waals surface area contributed by atoms with Gasteiger partial charge in [0.1, 0.15) is 0 Å². The lowest BCUT2D eigenvalue weighted by molar-refractivity contribution is -0.122. The molecule has 2 aliphatic heterocycles. The number of carbonyl (C=O) groups excluding carboxylic acids is 1. The summed E-state index contributed by atoms with van der Waals surface area (Å²) in [6.07, 6.45) is 1.75. The Morgan fingerprint density at radius 3 is 2.61 bits per heavy atom. The van der Waals surface area contributed by atoms with E-state index in [4.69, 9.17) is 11.6 Å². The zero-order chi connectivity index (χ0) is 19.9. The molecule has 0 bridgehead atoms. The second-order valence-electron chi connectivity index (χ2n) is 7.07. The van der Waals surface area contributed by atoms with Crippen LogP contribution >= 0.6 is 11.6 Å². The number of likely N-dealkylation sites (tertiary alicyclic amines) is 1. The molecule has 0 radical (unpaired) electrons. The number of benzene rings is 2. The fraction of sp³-hybridized carbons (Fsp3) is 0.300. The van der Waals surface area contributed by atoms with Gasteiger partial charge in [-0.2, -0.15) is 5.10 Å². The number of anilines is 1. The Bertz CT molecular complexity index is 1080. The first kappa shape index (κ1) is 19.0. The third-order valence-electron chi connectivity index (χ3n) is 4.95. The van der Waals surface area contributed by atoms with E-state index in [0.717, 1.165) is 24.0 Å². The monoisotopic (exact) mass is 417 g/mol. The SMILES string of the molecule is Cc1ccc2c(c1)N(Cc1cccc(Cl)c1)N=C(C(=O)N1CCCC1)S2(=O)=O. The highest BCUT2D eigenvalue weighted by Crippen LogP contribution is 2.34. The molecule has 0 unspecified atom stereocenters. The Morgan fingerprint density at radius 2 is 1.89 bits per heavy atom. The van der Waals surface area contributed by atoms with E-state index in [0.29, 0.717) is 30.3 Å². The lowest BCUT2D eigenvalue weighted by atomic mass is 10.2. The highest BCUT2D eigenvalue weighted by Gasteiger charge is 2.39. The third kappa shape index (κ3) is 3.40. The molecule has 28 heavy (non-hydrogen) atoms. The maximum atomic E-state index is 13.1. The van der Waals surface area contributed by atoms with Crippen LogP contribution in [0.5, 0.6) is 0 Å². The number of rotatable bonds is 3. The Balaban J connectivity index is 1.81. The largest absolute Gasteiger partial charge is 0.337 e. The molecule has 2 heterocycles. The second kappa shape index (κ2) is 7.22. The molecular formula is C20H20ClN3O3S. The molecule has 0 N–H and O–H groups in total. The maximum Gasteiger partial charge on any atom is 0.286 e. The second-order valence-corrected chi connectivity index (χ2v) is 9.34. The number of carbonyl (C=O) groups is 1. The molecule has 1 fully saturated rings. The summed E-state index contributed by atoms with van der Waals surface area (Å²) < 4.78 is 26.3. The van der Waals surface area contributed by atoms with Crippen molar-refractivity contribution in [3.63, 3.8) is 0 Å². The minimum Gasteiger partial charge on any atom is -0.337 e. The topological polar surface area (TPSA) is 70.1 Å². The molecule has 2 aromatic carbocycles. The van der Waals surface area contributed by atoms with Crippen LogP contribution in [0.4, 0.5) is 5.69 Å². The van der Waals surface area contributed by atoms with Gasteiger partial charge < -0.3 is 4.90 Å². The van der Waals surface area contributed by atoms with E-state index in [9.17, 15) is 13.2 Å². The molecule has 0 saturated carbocycles. The summed E-state index contributed by atoms with van der Waals surface area (Å²) in [4.78, 5) is 14.6. The van der Waals surface area contributed by atoms with Crippen LogP contribution in [0.25, 0.3) is 0 Å². The van der Waals surface area contributed by atoms with Crippen LogP contribution in [-0.2, 0) is 21.2 Å². The molecule has 0 atom stereocenters. The van der Waals surface area contributed by atoms with E-state index in [2.05, 4.69) is 5.10 Å². The van der Waals surface area contributed by atoms with Gasteiger partial charge in [-0.1, -0.05) is 29.8 Å². The average Bonchev–Trinajstić information content (AvgIpc) is 3.18. The number of hydrogen-bond acceptors (Lipinski definition) is 5. The van der Waals surface area contributed by atoms with Crippen LogP contribution in [0.15, 0.2) is 52.5 Å². The maximum absolute atomic E-state index is 13.1. The number of aryl methyl sites for hydroxylation is 1. The van der Waals surface area contributed by atoms with Gasteiger partial charge in [0.15, 0.2) is 0 Å². The normalized spacial score (nSPS) is 18.0. The molecule has 146 valence electrons. The van der Waals surface area contributed by atoms with E-state index in [1.165, 1.54) is 0 Å². The predicted octanol–water partition coefficient (Wildman–Crippen LogP) is 3.38. The molecule has 1 amide bonds. The van der Waals surface area contributed by atoms with Crippen LogP contribution in [0.2, 0.25) is 5.02 Å². The Kier molecular flexibility index (Phi) is 4.89. The summed E-state index contributed by atoms with van der Waals surface area (Å²) >= 11 is 6.09. The van der Waals surface area contributed by atoms with Gasteiger partial charge in [-0.3, -0.25) is 9.80 Å². The molecule has 4 rings (SSSR count). The van der Waals surface area contributed by atoms with Gasteiger partial charge in [-0.25, -0.2) is 8.42 Å². The van der Waals surface area contributed by atoms with E-state index in [1.807, 2.05) is 19.1 Å². The number of fused-ring (bicyclic) bond motifs is 1. The minimum atomic E-state index is -3.98. The summed E-state index contributed by atoms with van der Waals surface area (Å²) in [6, 6.07) is 12.4. The van der Waals surface area contributed by atoms with E-state index in [-0.39, 0.29) is 4.90 Å². The van der Waals surface area contributed by atoms with Crippen molar-refractivity contribution >= 4 is 38.1 Å². The van der Waals surface area contributed by atoms with Crippen molar-refractivity contribution in [1.29, 1.82) is 0 Å². The van der Waals surface area contributed by atoms with Gasteiger partial charge >= 0.3 is 0 Å². The van der Waals surface area contributed by atoms with Gasteiger partial charge in [0, 0.05) is 18.1 Å². The van der Waals surface area contributed by atoms with Crippen molar-refractivity contribution in [1.82, 2.24) is 4.90 Å². The fourth-order valence-corrected chi connectivity index (χ4v) is 5.19. The predicted molar refractivity (Wildman–Crippen MR) is 109 cm³/mol. The van der Waals surface area contributed by atoms with Crippen molar-refractivity contribution in [3.05, 3.63) is 58.6 Å². The summed E-state index contributed by atoms with van der Waals surface area (Å²) in [7, 11) is -3.98. The summed E-state index contributed by atoms with van der Waals surface area (Å²) in [6.45, 7) is 3.31. The molecule has 1 saturated heterocycles. The summed E-state index contributed by atoms with van der Waals surface area (Å²) in [5, 5.41) is 6.07. The van der Waals surface area contributed by atoms with Crippen LogP contribution in [-0.4, -0.2) is 37.4 Å². The molecule has 0 aliphatic carbocycles. The molecule has 0 spiro atoms. The van der Waals surface area contributed by atoms with E-state index >= 15 is 0 Å². The molecule has 8 heteroatoms. The van der Waals surface area contributed by atoms with Crippen molar-refractivity contribution in [2.45, 2.75) is 31.2 Å². The number of halogens is 1. The van der Waals surface area contributed by atoms with Gasteiger partial charge in [0.05, 0.1) is 17.1 Å². The fourth-order valence-electron chi connectivity index (χ4n) is 3.52. The van der Waals surface area contributed by atoms with Gasteiger partial charge in [0.25, 0.3) is 5.91 Å². The smallest absolute Gasteiger partial charge is 0.286 e. The van der Waals surface area contributed by atoms with E-state index < -0.39 is 20.8 Å². The minimum absolute atomic E-state index is 0.109. The van der Waals surface area contributed by atoms with Gasteiger partial charge in [-0.15, -0.1) is 0 Å².